The third kappa shape index (κ3) is 2.00. The van der Waals surface area contributed by atoms with Gasteiger partial charge in [-0.25, -0.2) is 9.97 Å². The summed E-state index contributed by atoms with van der Waals surface area (Å²) in [5.74, 6) is 1.22. The highest BCUT2D eigenvalue weighted by molar-refractivity contribution is 7.99. The Morgan fingerprint density at radius 1 is 1.56 bits per heavy atom. The van der Waals surface area contributed by atoms with Crippen LogP contribution in [0.2, 0.25) is 0 Å². The molecular weight excluding hydrogens is 262 g/mol. The minimum absolute atomic E-state index is 0.452. The van der Waals surface area contributed by atoms with Crippen LogP contribution < -0.4 is 0 Å². The molecule has 0 bridgehead atoms. The zero-order valence-corrected chi connectivity index (χ0v) is 11.8. The molecule has 92 valence electrons. The summed E-state index contributed by atoms with van der Waals surface area (Å²) in [7, 11) is 0. The van der Waals surface area contributed by atoms with Gasteiger partial charge in [-0.2, -0.15) is 5.26 Å². The van der Waals surface area contributed by atoms with Crippen LogP contribution in [0.5, 0.6) is 0 Å². The molecule has 1 aliphatic carbocycles. The van der Waals surface area contributed by atoms with E-state index in [4.69, 9.17) is 5.26 Å². The van der Waals surface area contributed by atoms with Gasteiger partial charge in [-0.3, -0.25) is 0 Å². The summed E-state index contributed by atoms with van der Waals surface area (Å²) in [4.78, 5) is 11.3. The standard InChI is InChI=1S/C13H13N3S2/c1-8-2-3-9-10(6-8)18-13-11(9)12(15-7-16-13)17-5-4-14/h7-8H,2-3,5-6H2,1H3. The first-order valence-corrected chi connectivity index (χ1v) is 7.84. The van der Waals surface area contributed by atoms with E-state index in [1.54, 1.807) is 17.7 Å². The second kappa shape index (κ2) is 4.87. The number of rotatable bonds is 2. The number of thioether (sulfide) groups is 1. The molecule has 0 amide bonds. The fourth-order valence-corrected chi connectivity index (χ4v) is 4.56. The van der Waals surface area contributed by atoms with Gasteiger partial charge in [0.25, 0.3) is 0 Å². The zero-order valence-electron chi connectivity index (χ0n) is 10.1. The van der Waals surface area contributed by atoms with Gasteiger partial charge >= 0.3 is 0 Å². The van der Waals surface area contributed by atoms with E-state index < -0.39 is 0 Å². The number of thiophene rings is 1. The van der Waals surface area contributed by atoms with Gasteiger partial charge in [-0.05, 0) is 30.7 Å². The van der Waals surface area contributed by atoms with Crippen molar-refractivity contribution >= 4 is 33.3 Å². The molecule has 0 aromatic carbocycles. The lowest BCUT2D eigenvalue weighted by atomic mass is 9.89. The van der Waals surface area contributed by atoms with E-state index >= 15 is 0 Å². The number of hydrogen-bond donors (Lipinski definition) is 0. The van der Waals surface area contributed by atoms with Crippen LogP contribution in [0, 0.1) is 17.2 Å². The average molecular weight is 275 g/mol. The van der Waals surface area contributed by atoms with Crippen molar-refractivity contribution in [1.29, 1.82) is 5.26 Å². The molecule has 0 spiro atoms. The van der Waals surface area contributed by atoms with Crippen LogP contribution in [0.1, 0.15) is 23.8 Å². The Morgan fingerprint density at radius 2 is 2.44 bits per heavy atom. The number of fused-ring (bicyclic) bond motifs is 3. The van der Waals surface area contributed by atoms with Crippen LogP contribution in [0.4, 0.5) is 0 Å². The van der Waals surface area contributed by atoms with Crippen molar-refractivity contribution in [3.63, 3.8) is 0 Å². The monoisotopic (exact) mass is 275 g/mol. The Hall–Kier alpha value is -1.12. The van der Waals surface area contributed by atoms with Crippen molar-refractivity contribution in [3.8, 4) is 6.07 Å². The molecule has 0 N–H and O–H groups in total. The summed E-state index contributed by atoms with van der Waals surface area (Å²) in [6.07, 6.45) is 5.16. The van der Waals surface area contributed by atoms with E-state index in [0.717, 1.165) is 22.2 Å². The van der Waals surface area contributed by atoms with Crippen molar-refractivity contribution in [2.24, 2.45) is 5.92 Å². The molecule has 3 nitrogen and oxygen atoms in total. The Labute approximate surface area is 114 Å². The van der Waals surface area contributed by atoms with Gasteiger partial charge in [0.2, 0.25) is 0 Å². The van der Waals surface area contributed by atoms with Crippen molar-refractivity contribution in [3.05, 3.63) is 16.8 Å². The molecular formula is C13H13N3S2. The molecule has 0 saturated carbocycles. The molecule has 1 unspecified atom stereocenters. The predicted molar refractivity (Wildman–Crippen MR) is 74.9 cm³/mol. The normalized spacial score (nSPS) is 18.6. The molecule has 1 aliphatic rings. The molecule has 18 heavy (non-hydrogen) atoms. The predicted octanol–water partition coefficient (Wildman–Crippen LogP) is 3.43. The molecule has 5 heteroatoms. The lowest BCUT2D eigenvalue weighted by Crippen LogP contribution is -2.08. The fourth-order valence-electron chi connectivity index (χ4n) is 2.46. The van der Waals surface area contributed by atoms with Gasteiger partial charge in [-0.15, -0.1) is 11.3 Å². The minimum atomic E-state index is 0.452. The molecule has 3 rings (SSSR count). The number of aryl methyl sites for hydroxylation is 1. The third-order valence-electron chi connectivity index (χ3n) is 3.33. The first-order chi connectivity index (χ1) is 8.79. The lowest BCUT2D eigenvalue weighted by Gasteiger charge is -2.17. The highest BCUT2D eigenvalue weighted by Gasteiger charge is 2.22. The van der Waals surface area contributed by atoms with Crippen LogP contribution in [-0.2, 0) is 12.8 Å². The van der Waals surface area contributed by atoms with Gasteiger partial charge < -0.3 is 0 Å². The largest absolute Gasteiger partial charge is 0.229 e. The summed E-state index contributed by atoms with van der Waals surface area (Å²) in [5, 5.41) is 10.9. The SMILES string of the molecule is CC1CCc2c(sc3ncnc(SCC#N)c23)C1. The summed E-state index contributed by atoms with van der Waals surface area (Å²) in [5.41, 5.74) is 1.44. The van der Waals surface area contributed by atoms with Crippen molar-refractivity contribution in [1.82, 2.24) is 9.97 Å². The maximum absolute atomic E-state index is 8.71. The third-order valence-corrected chi connectivity index (χ3v) is 5.35. The maximum Gasteiger partial charge on any atom is 0.128 e. The fraction of sp³-hybridized carbons (Fsp3) is 0.462. The smallest absolute Gasteiger partial charge is 0.128 e. The molecule has 2 heterocycles. The number of nitriles is 1. The molecule has 2 aromatic heterocycles. The quantitative estimate of drug-likeness (QED) is 0.622. The zero-order chi connectivity index (χ0) is 12.5. The number of hydrogen-bond acceptors (Lipinski definition) is 5. The Bertz CT molecular complexity index is 627. The van der Waals surface area contributed by atoms with Gasteiger partial charge in [0, 0.05) is 10.3 Å². The van der Waals surface area contributed by atoms with Crippen molar-refractivity contribution in [2.75, 3.05) is 5.75 Å². The summed E-state index contributed by atoms with van der Waals surface area (Å²) >= 11 is 3.33. The van der Waals surface area contributed by atoms with Crippen LogP contribution in [0.25, 0.3) is 10.2 Å². The minimum Gasteiger partial charge on any atom is -0.229 e. The van der Waals surface area contributed by atoms with Crippen molar-refractivity contribution in [2.45, 2.75) is 31.2 Å². The second-order valence-electron chi connectivity index (χ2n) is 4.66. The molecule has 2 aromatic rings. The second-order valence-corrected chi connectivity index (χ2v) is 6.71. The number of aromatic nitrogens is 2. The van der Waals surface area contributed by atoms with Crippen LogP contribution in [0.3, 0.4) is 0 Å². The van der Waals surface area contributed by atoms with Gasteiger partial charge in [0.05, 0.1) is 11.8 Å². The molecule has 0 radical (unpaired) electrons. The summed E-state index contributed by atoms with van der Waals surface area (Å²) in [6.45, 7) is 2.31. The van der Waals surface area contributed by atoms with E-state index in [1.165, 1.54) is 40.4 Å². The number of nitrogens with zero attached hydrogens (tertiary/aromatic N) is 3. The van der Waals surface area contributed by atoms with Gasteiger partial charge in [-0.1, -0.05) is 18.7 Å². The van der Waals surface area contributed by atoms with Gasteiger partial charge in [0.15, 0.2) is 0 Å². The van der Waals surface area contributed by atoms with Crippen LogP contribution >= 0.6 is 23.1 Å². The van der Waals surface area contributed by atoms with E-state index in [9.17, 15) is 0 Å². The van der Waals surface area contributed by atoms with Crippen LogP contribution in [-0.4, -0.2) is 15.7 Å². The summed E-state index contributed by atoms with van der Waals surface area (Å²) in [6, 6.07) is 2.17. The Morgan fingerprint density at radius 3 is 3.28 bits per heavy atom. The van der Waals surface area contributed by atoms with E-state index in [-0.39, 0.29) is 0 Å². The Balaban J connectivity index is 2.12. The van der Waals surface area contributed by atoms with Crippen LogP contribution in [0.15, 0.2) is 11.4 Å². The molecule has 1 atom stereocenters. The van der Waals surface area contributed by atoms with E-state index in [1.807, 2.05) is 0 Å². The lowest BCUT2D eigenvalue weighted by molar-refractivity contribution is 0.509. The maximum atomic E-state index is 8.71. The first kappa shape index (κ1) is 11.9. The van der Waals surface area contributed by atoms with E-state index in [2.05, 4.69) is 23.0 Å². The molecule has 0 fully saturated rings. The molecule has 0 saturated heterocycles. The summed E-state index contributed by atoms with van der Waals surface area (Å²) < 4.78 is 0. The highest BCUT2D eigenvalue weighted by atomic mass is 32.2. The first-order valence-electron chi connectivity index (χ1n) is 6.04. The van der Waals surface area contributed by atoms with Gasteiger partial charge in [0.1, 0.15) is 16.2 Å². The Kier molecular flexibility index (Phi) is 3.23. The van der Waals surface area contributed by atoms with Crippen molar-refractivity contribution < 1.29 is 0 Å². The average Bonchev–Trinajstić information content (AvgIpc) is 2.73. The molecule has 0 aliphatic heterocycles. The topological polar surface area (TPSA) is 49.6 Å². The van der Waals surface area contributed by atoms with E-state index in [0.29, 0.717) is 5.75 Å². The highest BCUT2D eigenvalue weighted by Crippen LogP contribution is 2.40.